The summed E-state index contributed by atoms with van der Waals surface area (Å²) >= 11 is 0. The average molecular weight is 355 g/mol. The van der Waals surface area contributed by atoms with E-state index >= 15 is 0 Å². The molecule has 1 aromatic rings. The van der Waals surface area contributed by atoms with Crippen molar-refractivity contribution in [3.8, 4) is 11.8 Å². The van der Waals surface area contributed by atoms with Crippen molar-refractivity contribution in [1.82, 2.24) is 9.80 Å². The first kappa shape index (κ1) is 18.7. The summed E-state index contributed by atoms with van der Waals surface area (Å²) < 4.78 is 5.61. The van der Waals surface area contributed by atoms with Gasteiger partial charge in [0.05, 0.1) is 11.6 Å². The van der Waals surface area contributed by atoms with Crippen LogP contribution < -0.4 is 4.74 Å². The topological polar surface area (TPSA) is 56.6 Å². The number of ether oxygens (including phenoxy) is 1. The molecule has 140 valence electrons. The standard InChI is InChI=1S/C21H29N3O2/c1-17-8-11-23(12-9-17)14-19-3-2-10-24(15-19)21(25)16-26-20-6-4-18(13-22)5-7-20/h4-7,17,19H,2-3,8-12,14-16H2,1H3/t19-/m0/s1. The molecule has 2 aliphatic heterocycles. The van der Waals surface area contributed by atoms with E-state index in [2.05, 4.69) is 17.9 Å². The van der Waals surface area contributed by atoms with E-state index in [0.717, 1.165) is 32.0 Å². The van der Waals surface area contributed by atoms with Gasteiger partial charge in [-0.15, -0.1) is 0 Å². The van der Waals surface area contributed by atoms with E-state index in [0.29, 0.717) is 17.2 Å². The Morgan fingerprint density at radius 3 is 2.62 bits per heavy atom. The molecule has 2 aliphatic rings. The summed E-state index contributed by atoms with van der Waals surface area (Å²) in [6.07, 6.45) is 4.89. The molecule has 0 radical (unpaired) electrons. The molecule has 5 heteroatoms. The van der Waals surface area contributed by atoms with Crippen molar-refractivity contribution < 1.29 is 9.53 Å². The van der Waals surface area contributed by atoms with Gasteiger partial charge < -0.3 is 14.5 Å². The Hall–Kier alpha value is -2.06. The molecule has 0 aliphatic carbocycles. The van der Waals surface area contributed by atoms with Gasteiger partial charge >= 0.3 is 0 Å². The molecular weight excluding hydrogens is 326 g/mol. The van der Waals surface area contributed by atoms with Crippen LogP contribution in [0, 0.1) is 23.2 Å². The second kappa shape index (κ2) is 9.05. The monoisotopic (exact) mass is 355 g/mol. The summed E-state index contributed by atoms with van der Waals surface area (Å²) in [5.74, 6) is 2.13. The number of carbonyl (C=O) groups is 1. The molecule has 0 bridgehead atoms. The first-order valence-corrected chi connectivity index (χ1v) is 9.77. The summed E-state index contributed by atoms with van der Waals surface area (Å²) in [5.41, 5.74) is 0.592. The van der Waals surface area contributed by atoms with Gasteiger partial charge in [-0.3, -0.25) is 4.79 Å². The Balaban J connectivity index is 1.44. The van der Waals surface area contributed by atoms with Gasteiger partial charge in [-0.1, -0.05) is 6.92 Å². The van der Waals surface area contributed by atoms with Crippen LogP contribution in [-0.2, 0) is 4.79 Å². The van der Waals surface area contributed by atoms with Gasteiger partial charge in [0.15, 0.2) is 6.61 Å². The highest BCUT2D eigenvalue weighted by Crippen LogP contribution is 2.22. The second-order valence-corrected chi connectivity index (χ2v) is 7.76. The summed E-state index contributed by atoms with van der Waals surface area (Å²) in [7, 11) is 0. The molecule has 5 nitrogen and oxygen atoms in total. The maximum Gasteiger partial charge on any atom is 0.260 e. The minimum Gasteiger partial charge on any atom is -0.484 e. The Morgan fingerprint density at radius 2 is 1.92 bits per heavy atom. The summed E-state index contributed by atoms with van der Waals surface area (Å²) in [5, 5.41) is 8.82. The minimum absolute atomic E-state index is 0.0614. The maximum atomic E-state index is 12.5. The SMILES string of the molecule is CC1CCN(C[C@@H]2CCCN(C(=O)COc3ccc(C#N)cc3)C2)CC1. The van der Waals surface area contributed by atoms with Crippen LogP contribution in [0.3, 0.4) is 0 Å². The molecule has 0 aromatic heterocycles. The Kier molecular flexibility index (Phi) is 6.51. The summed E-state index contributed by atoms with van der Waals surface area (Å²) in [6, 6.07) is 8.96. The third-order valence-corrected chi connectivity index (χ3v) is 5.61. The quantitative estimate of drug-likeness (QED) is 0.815. The lowest BCUT2D eigenvalue weighted by Gasteiger charge is -2.37. The molecule has 0 N–H and O–H groups in total. The lowest BCUT2D eigenvalue weighted by atomic mass is 9.94. The van der Waals surface area contributed by atoms with Crippen molar-refractivity contribution in [1.29, 1.82) is 5.26 Å². The van der Waals surface area contributed by atoms with Crippen LogP contribution in [0.2, 0.25) is 0 Å². The number of amides is 1. The zero-order valence-corrected chi connectivity index (χ0v) is 15.7. The van der Waals surface area contributed by atoms with Gasteiger partial charge in [-0.05, 0) is 74.9 Å². The number of benzene rings is 1. The maximum absolute atomic E-state index is 12.5. The van der Waals surface area contributed by atoms with Crippen LogP contribution in [-0.4, -0.2) is 55.0 Å². The predicted octanol–water partition coefficient (Wildman–Crippen LogP) is 2.91. The number of hydrogen-bond acceptors (Lipinski definition) is 4. The zero-order chi connectivity index (χ0) is 18.4. The Bertz CT molecular complexity index is 630. The lowest BCUT2D eigenvalue weighted by Crippen LogP contribution is -2.46. The normalized spacial score (nSPS) is 22.0. The third-order valence-electron chi connectivity index (χ3n) is 5.61. The fourth-order valence-electron chi connectivity index (χ4n) is 3.91. The average Bonchev–Trinajstić information content (AvgIpc) is 2.68. The van der Waals surface area contributed by atoms with Gasteiger partial charge in [0, 0.05) is 19.6 Å². The fourth-order valence-corrected chi connectivity index (χ4v) is 3.91. The van der Waals surface area contributed by atoms with Gasteiger partial charge in [-0.25, -0.2) is 0 Å². The number of nitrogens with zero attached hydrogens (tertiary/aromatic N) is 3. The number of likely N-dealkylation sites (tertiary alicyclic amines) is 2. The molecule has 2 fully saturated rings. The Morgan fingerprint density at radius 1 is 1.19 bits per heavy atom. The van der Waals surface area contributed by atoms with E-state index in [1.165, 1.54) is 32.4 Å². The van der Waals surface area contributed by atoms with Crippen LogP contribution in [0.5, 0.6) is 5.75 Å². The van der Waals surface area contributed by atoms with Crippen LogP contribution in [0.4, 0.5) is 0 Å². The summed E-state index contributed by atoms with van der Waals surface area (Å²) in [4.78, 5) is 17.0. The second-order valence-electron chi connectivity index (χ2n) is 7.76. The van der Waals surface area contributed by atoms with Crippen molar-refractivity contribution in [2.45, 2.75) is 32.6 Å². The fraction of sp³-hybridized carbons (Fsp3) is 0.619. The van der Waals surface area contributed by atoms with Crippen LogP contribution in [0.25, 0.3) is 0 Å². The number of piperidine rings is 2. The van der Waals surface area contributed by atoms with Crippen molar-refractivity contribution in [3.63, 3.8) is 0 Å². The van der Waals surface area contributed by atoms with Crippen molar-refractivity contribution in [2.24, 2.45) is 11.8 Å². The Labute approximate surface area is 156 Å². The van der Waals surface area contributed by atoms with Crippen LogP contribution in [0.1, 0.15) is 38.2 Å². The molecular formula is C21H29N3O2. The van der Waals surface area contributed by atoms with E-state index in [1.54, 1.807) is 24.3 Å². The number of hydrogen-bond donors (Lipinski definition) is 0. The van der Waals surface area contributed by atoms with E-state index in [-0.39, 0.29) is 12.5 Å². The first-order valence-electron chi connectivity index (χ1n) is 9.77. The molecule has 1 aromatic carbocycles. The van der Waals surface area contributed by atoms with Gasteiger partial charge in [0.2, 0.25) is 0 Å². The molecule has 1 amide bonds. The minimum atomic E-state index is 0.0614. The van der Waals surface area contributed by atoms with E-state index in [4.69, 9.17) is 10.00 Å². The number of carbonyl (C=O) groups excluding carboxylic acids is 1. The molecule has 0 saturated carbocycles. The summed E-state index contributed by atoms with van der Waals surface area (Å²) in [6.45, 7) is 7.62. The highest BCUT2D eigenvalue weighted by Gasteiger charge is 2.26. The molecule has 0 spiro atoms. The van der Waals surface area contributed by atoms with Crippen molar-refractivity contribution >= 4 is 5.91 Å². The zero-order valence-electron chi connectivity index (χ0n) is 15.7. The van der Waals surface area contributed by atoms with Crippen molar-refractivity contribution in [3.05, 3.63) is 29.8 Å². The third kappa shape index (κ3) is 5.22. The largest absolute Gasteiger partial charge is 0.484 e. The van der Waals surface area contributed by atoms with E-state index in [9.17, 15) is 4.79 Å². The molecule has 26 heavy (non-hydrogen) atoms. The van der Waals surface area contributed by atoms with Gasteiger partial charge in [0.1, 0.15) is 5.75 Å². The molecule has 2 heterocycles. The highest BCUT2D eigenvalue weighted by molar-refractivity contribution is 5.77. The smallest absolute Gasteiger partial charge is 0.260 e. The van der Waals surface area contributed by atoms with Crippen LogP contribution >= 0.6 is 0 Å². The highest BCUT2D eigenvalue weighted by atomic mass is 16.5. The molecule has 1 atom stereocenters. The predicted molar refractivity (Wildman–Crippen MR) is 101 cm³/mol. The van der Waals surface area contributed by atoms with Gasteiger partial charge in [0.25, 0.3) is 5.91 Å². The van der Waals surface area contributed by atoms with Gasteiger partial charge in [-0.2, -0.15) is 5.26 Å². The number of nitriles is 1. The van der Waals surface area contributed by atoms with Crippen LogP contribution in [0.15, 0.2) is 24.3 Å². The first-order chi connectivity index (χ1) is 12.6. The number of rotatable bonds is 5. The lowest BCUT2D eigenvalue weighted by molar-refractivity contribution is -0.135. The van der Waals surface area contributed by atoms with E-state index in [1.807, 2.05) is 4.90 Å². The van der Waals surface area contributed by atoms with E-state index < -0.39 is 0 Å². The van der Waals surface area contributed by atoms with Crippen molar-refractivity contribution in [2.75, 3.05) is 39.3 Å². The molecule has 2 saturated heterocycles. The molecule has 0 unspecified atom stereocenters. The molecule has 3 rings (SSSR count).